The maximum Gasteiger partial charge on any atom is 0.0364 e. The summed E-state index contributed by atoms with van der Waals surface area (Å²) in [6.07, 6.45) is 0. The molecule has 1 aromatic rings. The highest BCUT2D eigenvalue weighted by atomic mass is 32.2. The van der Waals surface area contributed by atoms with E-state index < -0.39 is 11.1 Å². The van der Waals surface area contributed by atoms with Gasteiger partial charge in [-0.15, -0.1) is 12.6 Å². The minimum absolute atomic E-state index is 0.0413. The van der Waals surface area contributed by atoms with Crippen LogP contribution in [0.5, 0.6) is 0 Å². The zero-order chi connectivity index (χ0) is 8.27. The molecular weight excluding hydrogens is 180 g/mol. The Kier molecular flexibility index (Phi) is 3.11. The fraction of sp³-hybridized carbons (Fsp3) is 0.143. The summed E-state index contributed by atoms with van der Waals surface area (Å²) in [7, 11) is 0. The normalized spacial score (nSPS) is 12.9. The zero-order valence-electron chi connectivity index (χ0n) is 5.69. The molecule has 0 aliphatic rings. The van der Waals surface area contributed by atoms with E-state index in [4.69, 9.17) is 0 Å². The Labute approximate surface area is 73.3 Å². The number of hydrogen-bond donors (Lipinski definition) is 1. The van der Waals surface area contributed by atoms with Crippen LogP contribution in [0.3, 0.4) is 0 Å². The molecule has 11 heavy (non-hydrogen) atoms. The minimum atomic E-state index is -2.03. The molecule has 1 unspecified atom stereocenters. The highest BCUT2D eigenvalue weighted by molar-refractivity contribution is 7.80. The van der Waals surface area contributed by atoms with Crippen molar-refractivity contribution < 1.29 is 8.76 Å². The van der Waals surface area contributed by atoms with Crippen molar-refractivity contribution in [2.45, 2.75) is 10.6 Å². The highest BCUT2D eigenvalue weighted by Crippen LogP contribution is 2.13. The van der Waals surface area contributed by atoms with E-state index in [0.717, 1.165) is 10.5 Å². The molecule has 0 aliphatic carbocycles. The first-order chi connectivity index (χ1) is 5.20. The van der Waals surface area contributed by atoms with Crippen LogP contribution in [0.15, 0.2) is 29.2 Å². The average Bonchev–Trinajstić information content (AvgIpc) is 1.93. The summed E-state index contributed by atoms with van der Waals surface area (Å²) >= 11 is 2.07. The Morgan fingerprint density at radius 2 is 2.09 bits per heavy atom. The Bertz CT molecular complexity index is 273. The molecule has 0 spiro atoms. The van der Waals surface area contributed by atoms with E-state index in [0.29, 0.717) is 0 Å². The van der Waals surface area contributed by atoms with Crippen molar-refractivity contribution in [2.75, 3.05) is 0 Å². The smallest absolute Gasteiger partial charge is 0.0364 e. The summed E-state index contributed by atoms with van der Waals surface area (Å²) in [6.45, 7) is 0. The molecule has 1 aromatic carbocycles. The molecule has 0 aliphatic heterocycles. The van der Waals surface area contributed by atoms with Crippen molar-refractivity contribution in [3.63, 3.8) is 0 Å². The van der Waals surface area contributed by atoms with Crippen molar-refractivity contribution >= 4 is 23.7 Å². The van der Waals surface area contributed by atoms with Crippen LogP contribution >= 0.6 is 12.6 Å². The SMILES string of the molecule is O=S([O-])Cc1ccccc1S. The molecule has 0 saturated carbocycles. The van der Waals surface area contributed by atoms with E-state index in [-0.39, 0.29) is 5.75 Å². The Hall–Kier alpha value is -0.320. The summed E-state index contributed by atoms with van der Waals surface area (Å²) < 4.78 is 20.6. The molecule has 1 rings (SSSR count). The Balaban J connectivity index is 2.86. The van der Waals surface area contributed by atoms with Crippen molar-refractivity contribution in [2.24, 2.45) is 0 Å². The molecule has 2 nitrogen and oxygen atoms in total. The summed E-state index contributed by atoms with van der Waals surface area (Å²) in [5.74, 6) is 0.0413. The lowest BCUT2D eigenvalue weighted by Gasteiger charge is -2.06. The molecule has 1 atom stereocenters. The fourth-order valence-corrected chi connectivity index (χ4v) is 1.61. The number of benzene rings is 1. The second-order valence-electron chi connectivity index (χ2n) is 2.08. The lowest BCUT2D eigenvalue weighted by molar-refractivity contribution is 0.536. The summed E-state index contributed by atoms with van der Waals surface area (Å²) in [5.41, 5.74) is 0.740. The van der Waals surface area contributed by atoms with Gasteiger partial charge in [0.25, 0.3) is 0 Å². The predicted molar refractivity (Wildman–Crippen MR) is 46.3 cm³/mol. The first-order valence-corrected chi connectivity index (χ1v) is 4.72. The standard InChI is InChI=1S/C7H8O2S2/c8-11(9)5-6-3-1-2-4-7(6)10/h1-4,10H,5H2,(H,8,9)/p-1. The summed E-state index contributed by atoms with van der Waals surface area (Å²) in [5, 5.41) is 0. The second-order valence-corrected chi connectivity index (χ2v) is 3.45. The van der Waals surface area contributed by atoms with Gasteiger partial charge in [0.15, 0.2) is 0 Å². The third-order valence-corrected chi connectivity index (χ3v) is 2.25. The van der Waals surface area contributed by atoms with Gasteiger partial charge in [-0.3, -0.25) is 4.21 Å². The summed E-state index contributed by atoms with van der Waals surface area (Å²) in [6, 6.07) is 7.13. The second kappa shape index (κ2) is 3.90. The van der Waals surface area contributed by atoms with Crippen molar-refractivity contribution in [3.8, 4) is 0 Å². The molecule has 0 fully saturated rings. The molecule has 60 valence electrons. The van der Waals surface area contributed by atoms with Crippen LogP contribution in [0.4, 0.5) is 0 Å². The molecule has 4 heteroatoms. The van der Waals surface area contributed by atoms with Crippen molar-refractivity contribution in [3.05, 3.63) is 29.8 Å². The van der Waals surface area contributed by atoms with E-state index in [1.54, 1.807) is 18.2 Å². The van der Waals surface area contributed by atoms with E-state index >= 15 is 0 Å². The molecule has 0 saturated heterocycles. The van der Waals surface area contributed by atoms with Crippen LogP contribution in [0.2, 0.25) is 0 Å². The van der Waals surface area contributed by atoms with Crippen molar-refractivity contribution in [1.29, 1.82) is 0 Å². The molecule has 0 radical (unpaired) electrons. The van der Waals surface area contributed by atoms with Crippen LogP contribution in [-0.2, 0) is 16.8 Å². The first kappa shape index (κ1) is 8.77. The van der Waals surface area contributed by atoms with E-state index in [9.17, 15) is 8.76 Å². The van der Waals surface area contributed by atoms with Gasteiger partial charge in [0.05, 0.1) is 0 Å². The minimum Gasteiger partial charge on any atom is -0.772 e. The molecule has 0 N–H and O–H groups in total. The monoisotopic (exact) mass is 187 g/mol. The number of rotatable bonds is 2. The van der Waals surface area contributed by atoms with Gasteiger partial charge in [0.1, 0.15) is 0 Å². The number of hydrogen-bond acceptors (Lipinski definition) is 3. The van der Waals surface area contributed by atoms with Gasteiger partial charge in [0, 0.05) is 10.6 Å². The van der Waals surface area contributed by atoms with Crippen LogP contribution in [0, 0.1) is 0 Å². The Morgan fingerprint density at radius 1 is 1.45 bits per heavy atom. The molecule has 0 bridgehead atoms. The number of thiol groups is 1. The van der Waals surface area contributed by atoms with Gasteiger partial charge >= 0.3 is 0 Å². The maximum atomic E-state index is 10.3. The van der Waals surface area contributed by atoms with E-state index in [1.807, 2.05) is 6.07 Å². The molecule has 0 heterocycles. The van der Waals surface area contributed by atoms with Crippen LogP contribution in [0.1, 0.15) is 5.56 Å². The maximum absolute atomic E-state index is 10.3. The van der Waals surface area contributed by atoms with Gasteiger partial charge in [0.2, 0.25) is 0 Å². The van der Waals surface area contributed by atoms with Gasteiger partial charge in [-0.25, -0.2) is 0 Å². The van der Waals surface area contributed by atoms with E-state index in [2.05, 4.69) is 12.6 Å². The van der Waals surface area contributed by atoms with Crippen LogP contribution < -0.4 is 0 Å². The van der Waals surface area contributed by atoms with Gasteiger partial charge in [-0.1, -0.05) is 29.3 Å². The fourth-order valence-electron chi connectivity index (χ4n) is 0.760. The summed E-state index contributed by atoms with van der Waals surface area (Å²) in [4.78, 5) is 0.719. The van der Waals surface area contributed by atoms with Crippen molar-refractivity contribution in [1.82, 2.24) is 0 Å². The molecule has 0 aromatic heterocycles. The Morgan fingerprint density at radius 3 is 2.64 bits per heavy atom. The van der Waals surface area contributed by atoms with Crippen LogP contribution in [-0.4, -0.2) is 8.76 Å². The average molecular weight is 187 g/mol. The lowest BCUT2D eigenvalue weighted by atomic mass is 10.2. The quantitative estimate of drug-likeness (QED) is 0.561. The third-order valence-electron chi connectivity index (χ3n) is 1.26. The van der Waals surface area contributed by atoms with Gasteiger partial charge < -0.3 is 4.55 Å². The van der Waals surface area contributed by atoms with Gasteiger partial charge in [-0.2, -0.15) is 0 Å². The van der Waals surface area contributed by atoms with Crippen LogP contribution in [0.25, 0.3) is 0 Å². The highest BCUT2D eigenvalue weighted by Gasteiger charge is 1.95. The third kappa shape index (κ3) is 2.65. The van der Waals surface area contributed by atoms with E-state index in [1.165, 1.54) is 0 Å². The lowest BCUT2D eigenvalue weighted by Crippen LogP contribution is -1.93. The topological polar surface area (TPSA) is 40.1 Å². The molecule has 0 amide bonds. The van der Waals surface area contributed by atoms with Gasteiger partial charge in [-0.05, 0) is 11.6 Å². The predicted octanol–water partition coefficient (Wildman–Crippen LogP) is 1.35. The molecular formula is C7H7O2S2-. The largest absolute Gasteiger partial charge is 0.772 e. The zero-order valence-corrected chi connectivity index (χ0v) is 7.40. The first-order valence-electron chi connectivity index (χ1n) is 3.03.